The Morgan fingerprint density at radius 1 is 1.16 bits per heavy atom. The molecule has 1 aliphatic heterocycles. The Labute approximate surface area is 150 Å². The van der Waals surface area contributed by atoms with Crippen molar-refractivity contribution in [1.82, 2.24) is 19.7 Å². The maximum atomic E-state index is 6.35. The summed E-state index contributed by atoms with van der Waals surface area (Å²) in [6, 6.07) is 6.76. The van der Waals surface area contributed by atoms with E-state index in [0.29, 0.717) is 12.0 Å². The summed E-state index contributed by atoms with van der Waals surface area (Å²) in [6.45, 7) is 9.09. The summed E-state index contributed by atoms with van der Waals surface area (Å²) in [5.74, 6) is 2.17. The standard InChI is InChI=1S/C20H28N4O/c1-14(2)23-12-16-8-18(24-11-15(3)10-22-24)19(9-17(16)13-23)25-20-6-4-5-7-21-20/h4-7,10-11,14,16-19H,8-9,12-13H2,1-3H3/t16-,17+,18-,19-/m0/s1. The van der Waals surface area contributed by atoms with Crippen LogP contribution in [0.2, 0.25) is 0 Å². The highest BCUT2D eigenvalue weighted by atomic mass is 16.5. The number of aromatic nitrogens is 3. The lowest BCUT2D eigenvalue weighted by Gasteiger charge is -2.37. The molecule has 2 fully saturated rings. The van der Waals surface area contributed by atoms with Crippen molar-refractivity contribution in [3.8, 4) is 5.88 Å². The van der Waals surface area contributed by atoms with Crippen LogP contribution < -0.4 is 4.74 Å². The van der Waals surface area contributed by atoms with Crippen LogP contribution in [0.5, 0.6) is 5.88 Å². The van der Waals surface area contributed by atoms with Crippen molar-refractivity contribution in [3.63, 3.8) is 0 Å². The predicted molar refractivity (Wildman–Crippen MR) is 97.6 cm³/mol. The van der Waals surface area contributed by atoms with Crippen LogP contribution in [0.15, 0.2) is 36.8 Å². The molecule has 0 aromatic carbocycles. The Morgan fingerprint density at radius 2 is 1.96 bits per heavy atom. The van der Waals surface area contributed by atoms with Gasteiger partial charge in [-0.15, -0.1) is 0 Å². The van der Waals surface area contributed by atoms with Crippen LogP contribution in [-0.4, -0.2) is 44.9 Å². The van der Waals surface area contributed by atoms with E-state index in [4.69, 9.17) is 4.74 Å². The molecule has 0 radical (unpaired) electrons. The van der Waals surface area contributed by atoms with Gasteiger partial charge in [0.15, 0.2) is 0 Å². The first-order valence-electron chi connectivity index (χ1n) is 9.42. The smallest absolute Gasteiger partial charge is 0.213 e. The molecule has 2 aliphatic rings. The van der Waals surface area contributed by atoms with Gasteiger partial charge in [0.25, 0.3) is 0 Å². The lowest BCUT2D eigenvalue weighted by Crippen LogP contribution is -2.40. The number of fused-ring (bicyclic) bond motifs is 1. The van der Waals surface area contributed by atoms with Gasteiger partial charge in [-0.2, -0.15) is 5.10 Å². The maximum Gasteiger partial charge on any atom is 0.213 e. The zero-order valence-corrected chi connectivity index (χ0v) is 15.4. The number of ether oxygens (including phenoxy) is 1. The van der Waals surface area contributed by atoms with E-state index in [1.807, 2.05) is 24.4 Å². The van der Waals surface area contributed by atoms with Gasteiger partial charge in [-0.05, 0) is 57.1 Å². The first-order chi connectivity index (χ1) is 12.1. The Hall–Kier alpha value is -1.88. The van der Waals surface area contributed by atoms with E-state index in [0.717, 1.165) is 24.6 Å². The summed E-state index contributed by atoms with van der Waals surface area (Å²) < 4.78 is 8.47. The van der Waals surface area contributed by atoms with E-state index in [1.54, 1.807) is 6.20 Å². The molecule has 1 aliphatic carbocycles. The van der Waals surface area contributed by atoms with Crippen molar-refractivity contribution in [2.24, 2.45) is 11.8 Å². The van der Waals surface area contributed by atoms with Gasteiger partial charge in [0.05, 0.1) is 12.2 Å². The third kappa shape index (κ3) is 3.43. The van der Waals surface area contributed by atoms with Gasteiger partial charge in [0.2, 0.25) is 5.88 Å². The molecule has 5 nitrogen and oxygen atoms in total. The van der Waals surface area contributed by atoms with E-state index >= 15 is 0 Å². The summed E-state index contributed by atoms with van der Waals surface area (Å²) in [6.07, 6.45) is 8.22. The van der Waals surface area contributed by atoms with Crippen LogP contribution in [-0.2, 0) is 0 Å². The first-order valence-corrected chi connectivity index (χ1v) is 9.42. The number of pyridine rings is 1. The summed E-state index contributed by atoms with van der Waals surface area (Å²) in [5.41, 5.74) is 1.20. The SMILES string of the molecule is Cc1cnn([C@H]2C[C@H]3CN(C(C)C)C[C@H]3C[C@@H]2Oc2ccccn2)c1. The predicted octanol–water partition coefficient (Wildman–Crippen LogP) is 3.33. The fourth-order valence-electron chi connectivity index (χ4n) is 4.44. The quantitative estimate of drug-likeness (QED) is 0.856. The second-order valence-corrected chi connectivity index (χ2v) is 7.93. The second kappa shape index (κ2) is 6.79. The van der Waals surface area contributed by atoms with E-state index in [-0.39, 0.29) is 12.1 Å². The molecule has 1 saturated carbocycles. The molecule has 2 aromatic rings. The molecular formula is C20H28N4O. The Bertz CT molecular complexity index is 699. The van der Waals surface area contributed by atoms with E-state index < -0.39 is 0 Å². The number of aryl methyl sites for hydroxylation is 1. The van der Waals surface area contributed by atoms with Crippen LogP contribution >= 0.6 is 0 Å². The Kier molecular flexibility index (Phi) is 4.50. The van der Waals surface area contributed by atoms with Crippen LogP contribution in [0.25, 0.3) is 0 Å². The monoisotopic (exact) mass is 340 g/mol. The highest BCUT2D eigenvalue weighted by Crippen LogP contribution is 2.42. The van der Waals surface area contributed by atoms with Gasteiger partial charge in [-0.3, -0.25) is 4.68 Å². The topological polar surface area (TPSA) is 43.2 Å². The van der Waals surface area contributed by atoms with E-state index in [1.165, 1.54) is 18.7 Å². The molecule has 5 heteroatoms. The summed E-state index contributed by atoms with van der Waals surface area (Å²) >= 11 is 0. The average Bonchev–Trinajstić information content (AvgIpc) is 3.21. The molecule has 0 spiro atoms. The van der Waals surface area contributed by atoms with Gasteiger partial charge < -0.3 is 9.64 Å². The summed E-state index contributed by atoms with van der Waals surface area (Å²) in [7, 11) is 0. The molecule has 134 valence electrons. The molecular weight excluding hydrogens is 312 g/mol. The molecule has 25 heavy (non-hydrogen) atoms. The number of likely N-dealkylation sites (tertiary alicyclic amines) is 1. The number of hydrogen-bond donors (Lipinski definition) is 0. The molecule has 0 bridgehead atoms. The molecule has 3 heterocycles. The summed E-state index contributed by atoms with van der Waals surface area (Å²) in [4.78, 5) is 6.99. The van der Waals surface area contributed by atoms with Crippen LogP contribution in [0.3, 0.4) is 0 Å². The minimum absolute atomic E-state index is 0.127. The van der Waals surface area contributed by atoms with Gasteiger partial charge in [0, 0.05) is 37.6 Å². The van der Waals surface area contributed by atoms with Crippen molar-refractivity contribution in [2.45, 2.75) is 51.8 Å². The minimum atomic E-state index is 0.127. The third-order valence-electron chi connectivity index (χ3n) is 5.82. The molecule has 4 rings (SSSR count). The fraction of sp³-hybridized carbons (Fsp3) is 0.600. The van der Waals surface area contributed by atoms with Gasteiger partial charge in [0.1, 0.15) is 6.10 Å². The van der Waals surface area contributed by atoms with Crippen molar-refractivity contribution < 1.29 is 4.74 Å². The lowest BCUT2D eigenvalue weighted by atomic mass is 9.77. The molecule has 4 atom stereocenters. The van der Waals surface area contributed by atoms with Crippen LogP contribution in [0.1, 0.15) is 38.3 Å². The molecule has 0 N–H and O–H groups in total. The highest BCUT2D eigenvalue weighted by molar-refractivity contribution is 5.11. The van der Waals surface area contributed by atoms with Crippen LogP contribution in [0.4, 0.5) is 0 Å². The zero-order chi connectivity index (χ0) is 17.4. The molecule has 2 aromatic heterocycles. The number of hydrogen-bond acceptors (Lipinski definition) is 4. The highest BCUT2D eigenvalue weighted by Gasteiger charge is 2.44. The molecule has 1 saturated heterocycles. The lowest BCUT2D eigenvalue weighted by molar-refractivity contribution is 0.0459. The van der Waals surface area contributed by atoms with E-state index in [9.17, 15) is 0 Å². The minimum Gasteiger partial charge on any atom is -0.472 e. The Morgan fingerprint density at radius 3 is 2.60 bits per heavy atom. The summed E-state index contributed by atoms with van der Waals surface area (Å²) in [5, 5.41) is 4.60. The average molecular weight is 340 g/mol. The maximum absolute atomic E-state index is 6.35. The normalized spacial score (nSPS) is 29.8. The van der Waals surface area contributed by atoms with Crippen molar-refractivity contribution >= 4 is 0 Å². The van der Waals surface area contributed by atoms with E-state index in [2.05, 4.69) is 46.6 Å². The first kappa shape index (κ1) is 16.6. The zero-order valence-electron chi connectivity index (χ0n) is 15.4. The van der Waals surface area contributed by atoms with Gasteiger partial charge >= 0.3 is 0 Å². The third-order valence-corrected chi connectivity index (χ3v) is 5.82. The second-order valence-electron chi connectivity index (χ2n) is 7.93. The molecule has 0 unspecified atom stereocenters. The largest absolute Gasteiger partial charge is 0.472 e. The molecule has 0 amide bonds. The van der Waals surface area contributed by atoms with Crippen molar-refractivity contribution in [1.29, 1.82) is 0 Å². The van der Waals surface area contributed by atoms with Crippen molar-refractivity contribution in [2.75, 3.05) is 13.1 Å². The number of rotatable bonds is 4. The number of nitrogens with zero attached hydrogens (tertiary/aromatic N) is 4. The van der Waals surface area contributed by atoms with Gasteiger partial charge in [-0.25, -0.2) is 4.98 Å². The van der Waals surface area contributed by atoms with Crippen LogP contribution in [0, 0.1) is 18.8 Å². The Balaban J connectivity index is 1.57. The van der Waals surface area contributed by atoms with Crippen molar-refractivity contribution in [3.05, 3.63) is 42.4 Å². The fourth-order valence-corrected chi connectivity index (χ4v) is 4.44. The van der Waals surface area contributed by atoms with Gasteiger partial charge in [-0.1, -0.05) is 6.07 Å².